The molecule has 0 saturated heterocycles. The van der Waals surface area contributed by atoms with Crippen molar-refractivity contribution in [3.8, 4) is 16.9 Å². The van der Waals surface area contributed by atoms with Crippen LogP contribution in [-0.2, 0) is 12.8 Å². The second-order valence-corrected chi connectivity index (χ2v) is 8.06. The summed E-state index contributed by atoms with van der Waals surface area (Å²) in [5.41, 5.74) is 12.5. The van der Waals surface area contributed by atoms with E-state index in [2.05, 4.69) is 21.3 Å². The summed E-state index contributed by atoms with van der Waals surface area (Å²) in [6.45, 7) is 2.17. The molecule has 0 bridgehead atoms. The first-order valence-electron chi connectivity index (χ1n) is 10.3. The molecule has 0 saturated carbocycles. The molecule has 4 heterocycles. The number of nitrogens with zero attached hydrogens (tertiary/aromatic N) is 4. The van der Waals surface area contributed by atoms with E-state index in [0.717, 1.165) is 49.7 Å². The van der Waals surface area contributed by atoms with Crippen LogP contribution in [-0.4, -0.2) is 28.1 Å². The molecule has 0 unspecified atom stereocenters. The Morgan fingerprint density at radius 1 is 1.03 bits per heavy atom. The monoisotopic (exact) mass is 399 g/mol. The minimum atomic E-state index is -0.402. The maximum Gasteiger partial charge on any atom is 0.362 e. The molecule has 150 valence electrons. The Balaban J connectivity index is 1.49. The molecular weight excluding hydrogens is 378 g/mol. The first-order valence-corrected chi connectivity index (χ1v) is 10.3. The lowest BCUT2D eigenvalue weighted by atomic mass is 9.90. The van der Waals surface area contributed by atoms with E-state index in [1.54, 1.807) is 6.20 Å². The maximum atomic E-state index is 12.9. The standard InChI is InChI=1S/C23H21N5O2/c24-17-7-5-14(6-8-17)19-13-28(26-25-19)20-12-16-11-15-3-1-9-27-10-2-4-18(21(15)27)22(16)30-23(20)29/h5-8,11-13H,1-4,9-10,24H2. The summed E-state index contributed by atoms with van der Waals surface area (Å²) in [7, 11) is 0. The molecule has 2 aliphatic rings. The van der Waals surface area contributed by atoms with Crippen molar-refractivity contribution in [3.63, 3.8) is 0 Å². The van der Waals surface area contributed by atoms with Crippen molar-refractivity contribution in [3.05, 3.63) is 64.1 Å². The van der Waals surface area contributed by atoms with E-state index >= 15 is 0 Å². The molecule has 7 heteroatoms. The van der Waals surface area contributed by atoms with Crippen LogP contribution in [0.15, 0.2) is 51.8 Å². The van der Waals surface area contributed by atoms with Crippen molar-refractivity contribution in [2.75, 3.05) is 23.7 Å². The van der Waals surface area contributed by atoms with Crippen LogP contribution in [0.3, 0.4) is 0 Å². The van der Waals surface area contributed by atoms with Gasteiger partial charge in [-0.05, 0) is 55.5 Å². The van der Waals surface area contributed by atoms with E-state index in [-0.39, 0.29) is 0 Å². The number of hydrogen-bond donors (Lipinski definition) is 1. The number of hydrogen-bond acceptors (Lipinski definition) is 6. The van der Waals surface area contributed by atoms with Crippen molar-refractivity contribution in [1.82, 2.24) is 15.0 Å². The molecule has 4 aromatic rings. The van der Waals surface area contributed by atoms with Gasteiger partial charge in [0.15, 0.2) is 5.69 Å². The van der Waals surface area contributed by atoms with Gasteiger partial charge in [0.05, 0.1) is 6.20 Å². The van der Waals surface area contributed by atoms with Crippen molar-refractivity contribution in [2.24, 2.45) is 0 Å². The van der Waals surface area contributed by atoms with E-state index in [9.17, 15) is 4.79 Å². The van der Waals surface area contributed by atoms with Crippen molar-refractivity contribution in [2.45, 2.75) is 25.7 Å². The maximum absolute atomic E-state index is 12.9. The quantitative estimate of drug-likeness (QED) is 0.411. The Hall–Kier alpha value is -3.61. The van der Waals surface area contributed by atoms with Gasteiger partial charge in [-0.15, -0.1) is 5.10 Å². The van der Waals surface area contributed by atoms with Crippen molar-refractivity contribution in [1.29, 1.82) is 0 Å². The van der Waals surface area contributed by atoms with Gasteiger partial charge in [0, 0.05) is 41.0 Å². The summed E-state index contributed by atoms with van der Waals surface area (Å²) in [6, 6.07) is 11.5. The molecule has 0 fully saturated rings. The zero-order valence-electron chi connectivity index (χ0n) is 16.5. The highest BCUT2D eigenvalue weighted by Crippen LogP contribution is 2.39. The molecule has 0 radical (unpaired) electrons. The number of aromatic nitrogens is 3. The largest absolute Gasteiger partial charge is 0.421 e. The van der Waals surface area contributed by atoms with Gasteiger partial charge in [0.1, 0.15) is 11.3 Å². The van der Waals surface area contributed by atoms with Crippen molar-refractivity contribution < 1.29 is 4.42 Å². The molecule has 0 amide bonds. The van der Waals surface area contributed by atoms with E-state index < -0.39 is 5.63 Å². The predicted octanol–water partition coefficient (Wildman–Crippen LogP) is 3.32. The number of nitrogens with two attached hydrogens (primary N) is 1. The summed E-state index contributed by atoms with van der Waals surface area (Å²) >= 11 is 0. The molecule has 2 aromatic carbocycles. The third kappa shape index (κ3) is 2.62. The third-order valence-electron chi connectivity index (χ3n) is 6.14. The molecule has 2 aromatic heterocycles. The van der Waals surface area contributed by atoms with Gasteiger partial charge in [0.25, 0.3) is 0 Å². The number of benzene rings is 2. The van der Waals surface area contributed by atoms with Gasteiger partial charge in [-0.3, -0.25) is 0 Å². The van der Waals surface area contributed by atoms with E-state index in [1.165, 1.54) is 21.5 Å². The summed E-state index contributed by atoms with van der Waals surface area (Å²) in [4.78, 5) is 15.3. The van der Waals surface area contributed by atoms with Crippen LogP contribution in [0, 0.1) is 0 Å². The number of nitrogen functional groups attached to an aromatic ring is 1. The highest BCUT2D eigenvalue weighted by atomic mass is 16.4. The van der Waals surface area contributed by atoms with Crippen LogP contribution in [0.2, 0.25) is 0 Å². The smallest absolute Gasteiger partial charge is 0.362 e. The van der Waals surface area contributed by atoms with Crippen LogP contribution >= 0.6 is 0 Å². The van der Waals surface area contributed by atoms with Gasteiger partial charge in [-0.1, -0.05) is 17.3 Å². The fourth-order valence-electron chi connectivity index (χ4n) is 4.76. The van der Waals surface area contributed by atoms with E-state index in [4.69, 9.17) is 10.2 Å². The molecule has 0 spiro atoms. The molecule has 0 aliphatic carbocycles. The van der Waals surface area contributed by atoms with Gasteiger partial charge in [-0.25, -0.2) is 9.48 Å². The van der Waals surface area contributed by atoms with E-state index in [0.29, 0.717) is 22.7 Å². The molecule has 0 atom stereocenters. The highest BCUT2D eigenvalue weighted by molar-refractivity contribution is 5.89. The second kappa shape index (κ2) is 6.45. The molecular formula is C23H21N5O2. The first kappa shape index (κ1) is 17.3. The summed E-state index contributed by atoms with van der Waals surface area (Å²) in [5.74, 6) is 0. The van der Waals surface area contributed by atoms with Crippen molar-refractivity contribution >= 4 is 22.3 Å². The van der Waals surface area contributed by atoms with Gasteiger partial charge in [-0.2, -0.15) is 0 Å². The zero-order chi connectivity index (χ0) is 20.2. The Kier molecular flexibility index (Phi) is 3.71. The lowest BCUT2D eigenvalue weighted by Gasteiger charge is -2.37. The fraction of sp³-hybridized carbons (Fsp3) is 0.261. The van der Waals surface area contributed by atoms with Crippen LogP contribution in [0.5, 0.6) is 0 Å². The van der Waals surface area contributed by atoms with Crippen LogP contribution in [0.4, 0.5) is 11.4 Å². The minimum absolute atomic E-state index is 0.368. The Bertz CT molecular complexity index is 1330. The molecule has 7 nitrogen and oxygen atoms in total. The van der Waals surface area contributed by atoms with Crippen LogP contribution in [0.1, 0.15) is 24.0 Å². The molecule has 30 heavy (non-hydrogen) atoms. The van der Waals surface area contributed by atoms with Crippen LogP contribution in [0.25, 0.3) is 27.9 Å². The Labute approximate surface area is 172 Å². The zero-order valence-corrected chi connectivity index (χ0v) is 16.5. The average Bonchev–Trinajstić information content (AvgIpc) is 3.25. The lowest BCUT2D eigenvalue weighted by Crippen LogP contribution is -2.34. The number of anilines is 2. The highest BCUT2D eigenvalue weighted by Gasteiger charge is 2.27. The Morgan fingerprint density at radius 3 is 2.67 bits per heavy atom. The SMILES string of the molecule is Nc1ccc(-c2cn(-c3cc4cc5c6c(c4oc3=O)CCCN6CCC5)nn2)cc1. The minimum Gasteiger partial charge on any atom is -0.421 e. The predicted molar refractivity (Wildman–Crippen MR) is 116 cm³/mol. The molecule has 6 rings (SSSR count). The molecule has 2 aliphatic heterocycles. The summed E-state index contributed by atoms with van der Waals surface area (Å²) in [5, 5.41) is 9.35. The first-order chi connectivity index (χ1) is 14.7. The lowest BCUT2D eigenvalue weighted by molar-refractivity contribution is 0.541. The Morgan fingerprint density at radius 2 is 1.83 bits per heavy atom. The molecule has 2 N–H and O–H groups in total. The van der Waals surface area contributed by atoms with E-state index in [1.807, 2.05) is 30.3 Å². The summed E-state index contributed by atoms with van der Waals surface area (Å²) < 4.78 is 7.36. The van der Waals surface area contributed by atoms with Gasteiger partial charge < -0.3 is 15.1 Å². The topological polar surface area (TPSA) is 90.2 Å². The van der Waals surface area contributed by atoms with Crippen LogP contribution < -0.4 is 16.3 Å². The van der Waals surface area contributed by atoms with Gasteiger partial charge in [0.2, 0.25) is 0 Å². The summed E-state index contributed by atoms with van der Waals surface area (Å²) in [6.07, 6.45) is 6.01. The third-order valence-corrected chi connectivity index (χ3v) is 6.14. The number of aryl methyl sites for hydroxylation is 2. The fourth-order valence-corrected chi connectivity index (χ4v) is 4.76. The normalized spacial score (nSPS) is 15.4. The number of rotatable bonds is 2. The number of fused-ring (bicyclic) bond motifs is 2. The van der Waals surface area contributed by atoms with Gasteiger partial charge >= 0.3 is 5.63 Å². The second-order valence-electron chi connectivity index (χ2n) is 8.06. The average molecular weight is 399 g/mol.